The highest BCUT2D eigenvalue weighted by Crippen LogP contribution is 2.18. The molecular weight excluding hydrogens is 246 g/mol. The van der Waals surface area contributed by atoms with Crippen molar-refractivity contribution in [2.24, 2.45) is 11.5 Å². The smallest absolute Gasteiger partial charge is 0.249 e. The highest BCUT2D eigenvalue weighted by atomic mass is 35.5. The molecule has 6 heteroatoms. The Morgan fingerprint density at radius 2 is 2.38 bits per heavy atom. The second-order valence-corrected chi connectivity index (χ2v) is 4.95. The number of hydrogen-bond acceptors (Lipinski definition) is 4. The van der Waals surface area contributed by atoms with Crippen LogP contribution in [0.3, 0.4) is 0 Å². The molecule has 90 valence electrons. The fraction of sp³-hybridized carbons (Fsp3) is 0.500. The van der Waals surface area contributed by atoms with Crippen LogP contribution in [0.1, 0.15) is 21.7 Å². The molecule has 0 aliphatic carbocycles. The first-order valence-corrected chi connectivity index (χ1v) is 5.88. The first kappa shape index (κ1) is 13.4. The van der Waals surface area contributed by atoms with Gasteiger partial charge in [-0.25, -0.2) is 0 Å². The third kappa shape index (κ3) is 3.18. The third-order valence-electron chi connectivity index (χ3n) is 2.63. The molecule has 1 aliphatic rings. The molecule has 4 nitrogen and oxygen atoms in total. The minimum Gasteiger partial charge on any atom is -0.366 e. The van der Waals surface area contributed by atoms with Crippen molar-refractivity contribution in [1.29, 1.82) is 0 Å². The molecule has 4 N–H and O–H groups in total. The Morgan fingerprint density at radius 3 is 2.88 bits per heavy atom. The number of halogens is 1. The number of carbonyl (C=O) groups is 1. The van der Waals surface area contributed by atoms with Crippen molar-refractivity contribution < 1.29 is 4.79 Å². The van der Waals surface area contributed by atoms with Crippen LogP contribution in [0.2, 0.25) is 0 Å². The van der Waals surface area contributed by atoms with Gasteiger partial charge in [0.2, 0.25) is 5.91 Å². The Kier molecular flexibility index (Phi) is 4.73. The number of primary amides is 1. The molecule has 2 rings (SSSR count). The van der Waals surface area contributed by atoms with Crippen LogP contribution in [0.5, 0.6) is 0 Å². The van der Waals surface area contributed by atoms with E-state index in [0.29, 0.717) is 11.6 Å². The molecule has 0 unspecified atom stereocenters. The maximum atomic E-state index is 10.9. The van der Waals surface area contributed by atoms with Crippen LogP contribution >= 0.6 is 23.7 Å². The zero-order valence-electron chi connectivity index (χ0n) is 8.89. The summed E-state index contributed by atoms with van der Waals surface area (Å²) in [4.78, 5) is 14.4. The van der Waals surface area contributed by atoms with E-state index < -0.39 is 0 Å². The van der Waals surface area contributed by atoms with E-state index in [9.17, 15) is 4.79 Å². The van der Waals surface area contributed by atoms with Crippen LogP contribution in [0, 0.1) is 0 Å². The van der Waals surface area contributed by atoms with Crippen LogP contribution in [0.15, 0.2) is 11.4 Å². The standard InChI is InChI=1S/C10H15N3OS.ClH/c11-8-1-2-13(4-8)5-9-3-7(6-15-9)10(12)14;/h3,6,8H,1-2,4-5,11H2,(H2,12,14);1H/t8-;/m1./s1. The Morgan fingerprint density at radius 1 is 1.62 bits per heavy atom. The second kappa shape index (κ2) is 5.63. The summed E-state index contributed by atoms with van der Waals surface area (Å²) in [5, 5.41) is 1.81. The topological polar surface area (TPSA) is 72.4 Å². The molecule has 1 amide bonds. The van der Waals surface area contributed by atoms with Gasteiger partial charge in [0.1, 0.15) is 0 Å². The van der Waals surface area contributed by atoms with Crippen molar-refractivity contribution in [2.45, 2.75) is 19.0 Å². The van der Waals surface area contributed by atoms with Gasteiger partial charge in [-0.3, -0.25) is 9.69 Å². The molecule has 1 atom stereocenters. The van der Waals surface area contributed by atoms with Crippen molar-refractivity contribution in [3.05, 3.63) is 21.9 Å². The summed E-state index contributed by atoms with van der Waals surface area (Å²) in [5.41, 5.74) is 11.6. The lowest BCUT2D eigenvalue weighted by Gasteiger charge is -2.13. The van der Waals surface area contributed by atoms with Crippen molar-refractivity contribution >= 4 is 29.7 Å². The molecule has 0 saturated carbocycles. The van der Waals surface area contributed by atoms with E-state index in [4.69, 9.17) is 11.5 Å². The van der Waals surface area contributed by atoms with E-state index in [1.54, 1.807) is 11.3 Å². The number of carbonyl (C=O) groups excluding carboxylic acids is 1. The number of nitrogens with two attached hydrogens (primary N) is 2. The molecule has 16 heavy (non-hydrogen) atoms. The fourth-order valence-electron chi connectivity index (χ4n) is 1.82. The van der Waals surface area contributed by atoms with Gasteiger partial charge in [0.15, 0.2) is 0 Å². The average molecular weight is 262 g/mol. The van der Waals surface area contributed by atoms with Gasteiger partial charge in [-0.1, -0.05) is 0 Å². The molecule has 0 radical (unpaired) electrons. The molecule has 1 aromatic rings. The van der Waals surface area contributed by atoms with E-state index in [2.05, 4.69) is 4.90 Å². The molecule has 1 saturated heterocycles. The largest absolute Gasteiger partial charge is 0.366 e. The second-order valence-electron chi connectivity index (χ2n) is 3.95. The minimum absolute atomic E-state index is 0. The van der Waals surface area contributed by atoms with Crippen LogP contribution in [0.25, 0.3) is 0 Å². The van der Waals surface area contributed by atoms with E-state index in [0.717, 1.165) is 26.1 Å². The van der Waals surface area contributed by atoms with Gasteiger partial charge in [0.05, 0.1) is 5.56 Å². The number of hydrogen-bond donors (Lipinski definition) is 2. The quantitative estimate of drug-likeness (QED) is 0.846. The van der Waals surface area contributed by atoms with Crippen LogP contribution < -0.4 is 11.5 Å². The van der Waals surface area contributed by atoms with Crippen molar-refractivity contribution in [3.8, 4) is 0 Å². The molecule has 0 spiro atoms. The lowest BCUT2D eigenvalue weighted by Crippen LogP contribution is -2.25. The molecule has 0 aromatic carbocycles. The summed E-state index contributed by atoms with van der Waals surface area (Å²) in [7, 11) is 0. The van der Waals surface area contributed by atoms with Crippen molar-refractivity contribution in [2.75, 3.05) is 13.1 Å². The first-order chi connectivity index (χ1) is 7.15. The van der Waals surface area contributed by atoms with Gasteiger partial charge in [-0.15, -0.1) is 23.7 Å². The van der Waals surface area contributed by atoms with Gasteiger partial charge in [0.25, 0.3) is 0 Å². The monoisotopic (exact) mass is 261 g/mol. The lowest BCUT2D eigenvalue weighted by atomic mass is 10.3. The molecule has 2 heterocycles. The van der Waals surface area contributed by atoms with Gasteiger partial charge in [-0.2, -0.15) is 0 Å². The van der Waals surface area contributed by atoms with Gasteiger partial charge < -0.3 is 11.5 Å². The zero-order chi connectivity index (χ0) is 10.8. The maximum absolute atomic E-state index is 10.9. The number of rotatable bonds is 3. The highest BCUT2D eigenvalue weighted by Gasteiger charge is 2.19. The number of likely N-dealkylation sites (tertiary alicyclic amines) is 1. The predicted molar refractivity (Wildman–Crippen MR) is 68.0 cm³/mol. The average Bonchev–Trinajstić information content (AvgIpc) is 2.76. The van der Waals surface area contributed by atoms with Crippen LogP contribution in [-0.4, -0.2) is 29.9 Å². The number of nitrogens with zero attached hydrogens (tertiary/aromatic N) is 1. The van der Waals surface area contributed by atoms with Gasteiger partial charge in [-0.05, 0) is 12.5 Å². The Balaban J connectivity index is 0.00000128. The molecular formula is C10H16ClN3OS. The Bertz CT molecular complexity index is 369. The minimum atomic E-state index is -0.351. The first-order valence-electron chi connectivity index (χ1n) is 5.00. The van der Waals surface area contributed by atoms with Crippen molar-refractivity contribution in [3.63, 3.8) is 0 Å². The van der Waals surface area contributed by atoms with Gasteiger partial charge in [0, 0.05) is 35.9 Å². The van der Waals surface area contributed by atoms with Crippen LogP contribution in [0.4, 0.5) is 0 Å². The summed E-state index contributed by atoms with van der Waals surface area (Å²) >= 11 is 1.58. The SMILES string of the molecule is Cl.NC(=O)c1csc(CN2CC[C@@H](N)C2)c1. The Hall–Kier alpha value is -0.620. The molecule has 1 fully saturated rings. The fourth-order valence-corrected chi connectivity index (χ4v) is 2.73. The lowest BCUT2D eigenvalue weighted by molar-refractivity contribution is 0.100. The summed E-state index contributed by atoms with van der Waals surface area (Å²) < 4.78 is 0. The maximum Gasteiger partial charge on any atom is 0.249 e. The molecule has 1 aliphatic heterocycles. The molecule has 0 bridgehead atoms. The summed E-state index contributed by atoms with van der Waals surface area (Å²) in [6.45, 7) is 2.88. The summed E-state index contributed by atoms with van der Waals surface area (Å²) in [5.74, 6) is -0.351. The van der Waals surface area contributed by atoms with Crippen LogP contribution in [-0.2, 0) is 6.54 Å². The third-order valence-corrected chi connectivity index (χ3v) is 3.55. The van der Waals surface area contributed by atoms with E-state index in [1.165, 1.54) is 4.88 Å². The van der Waals surface area contributed by atoms with Gasteiger partial charge >= 0.3 is 0 Å². The van der Waals surface area contributed by atoms with E-state index in [1.807, 2.05) is 11.4 Å². The molecule has 1 aromatic heterocycles. The normalized spacial score (nSPS) is 20.7. The summed E-state index contributed by atoms with van der Waals surface area (Å²) in [6.07, 6.45) is 1.06. The van der Waals surface area contributed by atoms with E-state index >= 15 is 0 Å². The Labute approximate surface area is 105 Å². The highest BCUT2D eigenvalue weighted by molar-refractivity contribution is 7.10. The number of amides is 1. The number of thiophene rings is 1. The summed E-state index contributed by atoms with van der Waals surface area (Å²) in [6, 6.07) is 2.18. The zero-order valence-corrected chi connectivity index (χ0v) is 10.5. The predicted octanol–water partition coefficient (Wildman–Crippen LogP) is 0.802. The van der Waals surface area contributed by atoms with Crippen molar-refractivity contribution in [1.82, 2.24) is 4.90 Å². The van der Waals surface area contributed by atoms with E-state index in [-0.39, 0.29) is 18.3 Å².